The van der Waals surface area contributed by atoms with Crippen molar-refractivity contribution in [2.45, 2.75) is 39.7 Å². The minimum absolute atomic E-state index is 0.0921. The van der Waals surface area contributed by atoms with Gasteiger partial charge in [-0.15, -0.1) is 0 Å². The number of rotatable bonds is 4. The molecule has 1 heterocycles. The number of urea groups is 1. The van der Waals surface area contributed by atoms with Gasteiger partial charge in [-0.25, -0.2) is 4.79 Å². The largest absolute Gasteiger partial charge is 0.481 e. The first-order valence-electron chi connectivity index (χ1n) is 6.75. The number of carboxylic acids is 1. The Morgan fingerprint density at radius 1 is 1.25 bits per heavy atom. The van der Waals surface area contributed by atoms with E-state index in [1.807, 2.05) is 0 Å². The molecule has 1 atom stereocenters. The van der Waals surface area contributed by atoms with Crippen molar-refractivity contribution in [3.8, 4) is 0 Å². The van der Waals surface area contributed by atoms with Crippen molar-refractivity contribution >= 4 is 17.9 Å². The van der Waals surface area contributed by atoms with Gasteiger partial charge in [-0.1, -0.05) is 13.8 Å². The van der Waals surface area contributed by atoms with Crippen LogP contribution in [0.25, 0.3) is 0 Å². The second kappa shape index (κ2) is 6.11. The van der Waals surface area contributed by atoms with Gasteiger partial charge < -0.3 is 21.1 Å². The Kier molecular flexibility index (Phi) is 4.97. The molecule has 0 radical (unpaired) electrons. The van der Waals surface area contributed by atoms with Crippen molar-refractivity contribution in [1.82, 2.24) is 10.2 Å². The van der Waals surface area contributed by atoms with Gasteiger partial charge in [0, 0.05) is 13.1 Å². The van der Waals surface area contributed by atoms with E-state index < -0.39 is 23.3 Å². The third kappa shape index (κ3) is 3.61. The van der Waals surface area contributed by atoms with Crippen LogP contribution in [0.2, 0.25) is 0 Å². The van der Waals surface area contributed by atoms with Gasteiger partial charge in [0.05, 0.1) is 5.41 Å². The van der Waals surface area contributed by atoms with Gasteiger partial charge in [0.2, 0.25) is 5.91 Å². The number of carboxylic acid groups (broad SMARTS) is 1. The highest BCUT2D eigenvalue weighted by Gasteiger charge is 2.38. The van der Waals surface area contributed by atoms with Crippen LogP contribution in [0, 0.1) is 11.3 Å². The molecule has 20 heavy (non-hydrogen) atoms. The van der Waals surface area contributed by atoms with Crippen molar-refractivity contribution in [2.75, 3.05) is 13.1 Å². The predicted octanol–water partition coefficient (Wildman–Crippen LogP) is 0.393. The number of piperidine rings is 1. The normalized spacial score (nSPS) is 19.5. The van der Waals surface area contributed by atoms with Gasteiger partial charge in [-0.05, 0) is 25.7 Å². The lowest BCUT2D eigenvalue weighted by molar-refractivity contribution is -0.150. The van der Waals surface area contributed by atoms with Crippen LogP contribution in [-0.4, -0.2) is 47.0 Å². The molecular formula is C13H23N3O4. The molecule has 0 aromatic rings. The molecule has 1 aliphatic rings. The molecule has 0 bridgehead atoms. The Labute approximate surface area is 118 Å². The highest BCUT2D eigenvalue weighted by atomic mass is 16.4. The molecule has 3 amide bonds. The van der Waals surface area contributed by atoms with Gasteiger partial charge in [0.25, 0.3) is 0 Å². The van der Waals surface area contributed by atoms with Crippen molar-refractivity contribution in [3.05, 3.63) is 0 Å². The first kappa shape index (κ1) is 16.3. The fraction of sp³-hybridized carbons (Fsp3) is 0.769. The summed E-state index contributed by atoms with van der Waals surface area (Å²) in [6, 6.07) is -1.08. The van der Waals surface area contributed by atoms with Gasteiger partial charge >= 0.3 is 12.0 Å². The molecule has 1 rings (SSSR count). The number of nitrogens with one attached hydrogen (secondary N) is 1. The lowest BCUT2D eigenvalue weighted by Crippen LogP contribution is -2.54. The van der Waals surface area contributed by atoms with E-state index in [4.69, 9.17) is 10.8 Å². The zero-order valence-corrected chi connectivity index (χ0v) is 12.2. The maximum Gasteiger partial charge on any atom is 0.318 e. The average Bonchev–Trinajstić information content (AvgIpc) is 2.35. The van der Waals surface area contributed by atoms with Crippen LogP contribution >= 0.6 is 0 Å². The van der Waals surface area contributed by atoms with E-state index in [1.165, 1.54) is 4.90 Å². The first-order chi connectivity index (χ1) is 9.17. The molecule has 0 aromatic carbocycles. The quantitative estimate of drug-likeness (QED) is 0.693. The zero-order chi connectivity index (χ0) is 15.5. The second-order valence-electron chi connectivity index (χ2n) is 5.93. The molecular weight excluding hydrogens is 262 g/mol. The molecule has 1 fully saturated rings. The average molecular weight is 285 g/mol. The maximum absolute atomic E-state index is 12.1. The molecule has 0 aliphatic carbocycles. The number of hydrogen-bond donors (Lipinski definition) is 3. The predicted molar refractivity (Wildman–Crippen MR) is 72.9 cm³/mol. The molecule has 0 saturated carbocycles. The van der Waals surface area contributed by atoms with Crippen LogP contribution in [-0.2, 0) is 9.59 Å². The van der Waals surface area contributed by atoms with Crippen LogP contribution in [0.1, 0.15) is 33.6 Å². The lowest BCUT2D eigenvalue weighted by Gasteiger charge is -2.37. The summed E-state index contributed by atoms with van der Waals surface area (Å²) in [6.07, 6.45) is 0.803. The van der Waals surface area contributed by atoms with Gasteiger partial charge in [0.15, 0.2) is 0 Å². The molecule has 114 valence electrons. The molecule has 4 N–H and O–H groups in total. The minimum Gasteiger partial charge on any atom is -0.481 e. The second-order valence-corrected chi connectivity index (χ2v) is 5.93. The van der Waals surface area contributed by atoms with Gasteiger partial charge in [0.1, 0.15) is 6.04 Å². The van der Waals surface area contributed by atoms with Crippen LogP contribution in [0.3, 0.4) is 0 Å². The number of primary amides is 1. The number of amides is 3. The lowest BCUT2D eigenvalue weighted by atomic mass is 9.80. The minimum atomic E-state index is -0.838. The van der Waals surface area contributed by atoms with E-state index >= 15 is 0 Å². The summed E-state index contributed by atoms with van der Waals surface area (Å²) >= 11 is 0. The Hall–Kier alpha value is -1.79. The van der Waals surface area contributed by atoms with E-state index in [0.29, 0.717) is 25.9 Å². The number of hydrogen-bond acceptors (Lipinski definition) is 3. The molecule has 1 saturated heterocycles. The first-order valence-corrected chi connectivity index (χ1v) is 6.75. The third-order valence-electron chi connectivity index (χ3n) is 3.92. The molecule has 0 aromatic heterocycles. The van der Waals surface area contributed by atoms with Crippen molar-refractivity contribution in [3.63, 3.8) is 0 Å². The Morgan fingerprint density at radius 3 is 2.10 bits per heavy atom. The SMILES string of the molecule is CC(C)C(NC(=O)N1CCC(C)(C(=O)O)CC1)C(N)=O. The highest BCUT2D eigenvalue weighted by molar-refractivity contribution is 5.86. The fourth-order valence-corrected chi connectivity index (χ4v) is 2.21. The smallest absolute Gasteiger partial charge is 0.318 e. The summed E-state index contributed by atoms with van der Waals surface area (Å²) in [4.78, 5) is 36.0. The summed E-state index contributed by atoms with van der Waals surface area (Å²) in [7, 11) is 0. The molecule has 1 aliphatic heterocycles. The maximum atomic E-state index is 12.1. The monoisotopic (exact) mass is 285 g/mol. The number of likely N-dealkylation sites (tertiary alicyclic amines) is 1. The van der Waals surface area contributed by atoms with Crippen molar-refractivity contribution in [1.29, 1.82) is 0 Å². The van der Waals surface area contributed by atoms with Crippen molar-refractivity contribution < 1.29 is 19.5 Å². The van der Waals surface area contributed by atoms with Crippen LogP contribution in [0.15, 0.2) is 0 Å². The molecule has 0 spiro atoms. The number of aliphatic carboxylic acids is 1. The van der Waals surface area contributed by atoms with E-state index in [2.05, 4.69) is 5.32 Å². The summed E-state index contributed by atoms with van der Waals surface area (Å²) in [6.45, 7) is 6.00. The molecule has 7 heteroatoms. The van der Waals surface area contributed by atoms with E-state index in [0.717, 1.165) is 0 Å². The number of carbonyl (C=O) groups excluding carboxylic acids is 2. The molecule has 7 nitrogen and oxygen atoms in total. The van der Waals surface area contributed by atoms with Crippen molar-refractivity contribution in [2.24, 2.45) is 17.1 Å². The molecule has 1 unspecified atom stereocenters. The van der Waals surface area contributed by atoms with Gasteiger partial charge in [-0.3, -0.25) is 9.59 Å². The van der Waals surface area contributed by atoms with Crippen LogP contribution in [0.5, 0.6) is 0 Å². The Balaban J connectivity index is 2.59. The Morgan fingerprint density at radius 2 is 1.75 bits per heavy atom. The van der Waals surface area contributed by atoms with E-state index in [1.54, 1.807) is 20.8 Å². The number of carbonyl (C=O) groups is 3. The summed E-state index contributed by atoms with van der Waals surface area (Å²) in [5, 5.41) is 11.7. The number of nitrogens with two attached hydrogens (primary N) is 1. The summed E-state index contributed by atoms with van der Waals surface area (Å²) in [5.41, 5.74) is 4.47. The van der Waals surface area contributed by atoms with E-state index in [-0.39, 0.29) is 11.9 Å². The third-order valence-corrected chi connectivity index (χ3v) is 3.92. The van der Waals surface area contributed by atoms with Crippen LogP contribution in [0.4, 0.5) is 4.79 Å². The van der Waals surface area contributed by atoms with E-state index in [9.17, 15) is 14.4 Å². The Bertz CT molecular complexity index is 400. The van der Waals surface area contributed by atoms with Gasteiger partial charge in [-0.2, -0.15) is 0 Å². The standard InChI is InChI=1S/C13H23N3O4/c1-8(2)9(10(14)17)15-12(20)16-6-4-13(3,5-7-16)11(18)19/h8-9H,4-7H2,1-3H3,(H2,14,17)(H,15,20)(H,18,19). The highest BCUT2D eigenvalue weighted by Crippen LogP contribution is 2.31. The summed E-state index contributed by atoms with van der Waals surface area (Å²) in [5.74, 6) is -1.50. The zero-order valence-electron chi connectivity index (χ0n) is 12.2. The fourth-order valence-electron chi connectivity index (χ4n) is 2.21. The topological polar surface area (TPSA) is 113 Å². The number of nitrogens with zero attached hydrogens (tertiary/aromatic N) is 1. The summed E-state index contributed by atoms with van der Waals surface area (Å²) < 4.78 is 0. The van der Waals surface area contributed by atoms with Crippen LogP contribution < -0.4 is 11.1 Å².